The second kappa shape index (κ2) is 7.23. The Balaban J connectivity index is 1.59. The number of aryl methyl sites for hydroxylation is 2. The second-order valence-corrected chi connectivity index (χ2v) is 6.66. The average molecular weight is 345 g/mol. The van der Waals surface area contributed by atoms with Crippen LogP contribution < -0.4 is 15.8 Å². The summed E-state index contributed by atoms with van der Waals surface area (Å²) in [6.45, 7) is 4.99. The molecule has 2 atom stereocenters. The SMILES string of the molecule is Cc1cc(C)cc(N2CC[C@H](C(=O)NNC(=O)[C@@H]3CCCO3)C2=O)c1. The number of nitrogens with zero attached hydrogens (tertiary/aromatic N) is 1. The van der Waals surface area contributed by atoms with Crippen molar-refractivity contribution in [2.45, 2.75) is 39.2 Å². The number of nitrogens with one attached hydrogen (secondary N) is 2. The molecule has 134 valence electrons. The van der Waals surface area contributed by atoms with Gasteiger partial charge in [-0.15, -0.1) is 0 Å². The molecule has 2 aliphatic rings. The number of rotatable bonds is 3. The Kier molecular flexibility index (Phi) is 5.03. The van der Waals surface area contributed by atoms with Gasteiger partial charge in [0.2, 0.25) is 5.91 Å². The topological polar surface area (TPSA) is 87.7 Å². The van der Waals surface area contributed by atoms with Gasteiger partial charge in [-0.25, -0.2) is 0 Å². The predicted octanol–water partition coefficient (Wildman–Crippen LogP) is 0.983. The first-order valence-corrected chi connectivity index (χ1v) is 8.56. The molecule has 2 N–H and O–H groups in total. The van der Waals surface area contributed by atoms with E-state index in [1.54, 1.807) is 4.90 Å². The van der Waals surface area contributed by atoms with Crippen molar-refractivity contribution in [3.05, 3.63) is 29.3 Å². The van der Waals surface area contributed by atoms with Gasteiger partial charge in [0.25, 0.3) is 11.8 Å². The number of carbonyl (C=O) groups excluding carboxylic acids is 3. The first kappa shape index (κ1) is 17.4. The highest BCUT2D eigenvalue weighted by Crippen LogP contribution is 2.27. The van der Waals surface area contributed by atoms with E-state index in [9.17, 15) is 14.4 Å². The Bertz CT molecular complexity index is 677. The Morgan fingerprint density at radius 1 is 1.08 bits per heavy atom. The van der Waals surface area contributed by atoms with E-state index in [2.05, 4.69) is 10.9 Å². The molecule has 2 heterocycles. The molecule has 3 rings (SSSR count). The van der Waals surface area contributed by atoms with Gasteiger partial charge in [-0.05, 0) is 56.4 Å². The molecule has 1 aromatic carbocycles. The minimum Gasteiger partial charge on any atom is -0.368 e. The van der Waals surface area contributed by atoms with Crippen LogP contribution in [0.25, 0.3) is 0 Å². The van der Waals surface area contributed by atoms with Crippen LogP contribution in [0.5, 0.6) is 0 Å². The van der Waals surface area contributed by atoms with Gasteiger partial charge in [0.05, 0.1) is 0 Å². The van der Waals surface area contributed by atoms with Crippen LogP contribution in [-0.2, 0) is 19.1 Å². The molecule has 25 heavy (non-hydrogen) atoms. The number of benzene rings is 1. The van der Waals surface area contributed by atoms with Gasteiger partial charge in [0.1, 0.15) is 12.0 Å². The molecule has 3 amide bonds. The fourth-order valence-electron chi connectivity index (χ4n) is 3.36. The molecule has 0 aliphatic carbocycles. The van der Waals surface area contributed by atoms with Crippen molar-refractivity contribution in [3.63, 3.8) is 0 Å². The summed E-state index contributed by atoms with van der Waals surface area (Å²) in [5, 5.41) is 0. The number of hydrazine groups is 1. The molecular formula is C18H23N3O4. The van der Waals surface area contributed by atoms with Crippen molar-refractivity contribution < 1.29 is 19.1 Å². The Morgan fingerprint density at radius 3 is 2.40 bits per heavy atom. The van der Waals surface area contributed by atoms with E-state index in [0.717, 1.165) is 23.2 Å². The van der Waals surface area contributed by atoms with E-state index in [1.165, 1.54) is 0 Å². The van der Waals surface area contributed by atoms with Gasteiger partial charge in [-0.2, -0.15) is 0 Å². The molecule has 2 saturated heterocycles. The van der Waals surface area contributed by atoms with Crippen molar-refractivity contribution in [3.8, 4) is 0 Å². The van der Waals surface area contributed by atoms with E-state index in [-0.39, 0.29) is 11.8 Å². The smallest absolute Gasteiger partial charge is 0.267 e. The summed E-state index contributed by atoms with van der Waals surface area (Å²) in [6, 6.07) is 5.91. The van der Waals surface area contributed by atoms with Crippen LogP contribution in [0.4, 0.5) is 5.69 Å². The van der Waals surface area contributed by atoms with Crippen LogP contribution in [0, 0.1) is 19.8 Å². The van der Waals surface area contributed by atoms with Gasteiger partial charge in [0.15, 0.2) is 0 Å². The number of anilines is 1. The van der Waals surface area contributed by atoms with Gasteiger partial charge in [-0.1, -0.05) is 6.07 Å². The van der Waals surface area contributed by atoms with Crippen molar-refractivity contribution in [1.82, 2.24) is 10.9 Å². The summed E-state index contributed by atoms with van der Waals surface area (Å²) >= 11 is 0. The molecule has 2 fully saturated rings. The van der Waals surface area contributed by atoms with Crippen molar-refractivity contribution >= 4 is 23.4 Å². The zero-order chi connectivity index (χ0) is 18.0. The summed E-state index contributed by atoms with van der Waals surface area (Å²) < 4.78 is 5.25. The maximum atomic E-state index is 12.6. The molecule has 7 heteroatoms. The molecule has 0 unspecified atom stereocenters. The third-order valence-electron chi connectivity index (χ3n) is 4.57. The van der Waals surface area contributed by atoms with Crippen LogP contribution in [0.1, 0.15) is 30.4 Å². The van der Waals surface area contributed by atoms with Gasteiger partial charge >= 0.3 is 0 Å². The zero-order valence-corrected chi connectivity index (χ0v) is 14.5. The molecule has 0 radical (unpaired) electrons. The minimum absolute atomic E-state index is 0.242. The Hall–Kier alpha value is -2.41. The summed E-state index contributed by atoms with van der Waals surface area (Å²) in [5.41, 5.74) is 7.67. The van der Waals surface area contributed by atoms with E-state index < -0.39 is 17.9 Å². The van der Waals surface area contributed by atoms with Crippen molar-refractivity contribution in [2.24, 2.45) is 5.92 Å². The van der Waals surface area contributed by atoms with E-state index >= 15 is 0 Å². The van der Waals surface area contributed by atoms with Crippen LogP contribution >= 0.6 is 0 Å². The molecule has 0 bridgehead atoms. The highest BCUT2D eigenvalue weighted by atomic mass is 16.5. The van der Waals surface area contributed by atoms with Gasteiger partial charge in [0, 0.05) is 18.8 Å². The summed E-state index contributed by atoms with van der Waals surface area (Å²) in [4.78, 5) is 38.4. The van der Waals surface area contributed by atoms with E-state index in [4.69, 9.17) is 4.74 Å². The Morgan fingerprint density at radius 2 is 1.76 bits per heavy atom. The zero-order valence-electron chi connectivity index (χ0n) is 14.5. The monoisotopic (exact) mass is 345 g/mol. The first-order valence-electron chi connectivity index (χ1n) is 8.56. The second-order valence-electron chi connectivity index (χ2n) is 6.66. The fourth-order valence-corrected chi connectivity index (χ4v) is 3.36. The van der Waals surface area contributed by atoms with Gasteiger partial charge in [-0.3, -0.25) is 25.2 Å². The highest BCUT2D eigenvalue weighted by molar-refractivity contribution is 6.09. The summed E-state index contributed by atoms with van der Waals surface area (Å²) in [5.74, 6) is -1.88. The lowest BCUT2D eigenvalue weighted by Crippen LogP contribution is -2.49. The molecule has 7 nitrogen and oxygen atoms in total. The molecule has 1 aromatic rings. The van der Waals surface area contributed by atoms with Crippen molar-refractivity contribution in [2.75, 3.05) is 18.1 Å². The van der Waals surface area contributed by atoms with E-state index in [0.29, 0.717) is 26.0 Å². The number of hydrogen-bond donors (Lipinski definition) is 2. The number of amides is 3. The number of ether oxygens (including phenoxy) is 1. The standard InChI is InChI=1S/C18H23N3O4/c1-11-8-12(2)10-13(9-11)21-6-5-14(18(21)24)16(22)19-20-17(23)15-4-3-7-25-15/h8-10,14-15H,3-7H2,1-2H3,(H,19,22)(H,20,23)/t14-,15+/m1/s1. The third-order valence-corrected chi connectivity index (χ3v) is 4.57. The first-order chi connectivity index (χ1) is 12.0. The number of hydrogen-bond acceptors (Lipinski definition) is 4. The third kappa shape index (κ3) is 3.82. The normalized spacial score (nSPS) is 23.0. The van der Waals surface area contributed by atoms with E-state index in [1.807, 2.05) is 32.0 Å². The largest absolute Gasteiger partial charge is 0.368 e. The lowest BCUT2D eigenvalue weighted by Gasteiger charge is -2.18. The lowest BCUT2D eigenvalue weighted by atomic mass is 10.1. The summed E-state index contributed by atoms with van der Waals surface area (Å²) in [7, 11) is 0. The van der Waals surface area contributed by atoms with Crippen LogP contribution in [0.3, 0.4) is 0 Å². The predicted molar refractivity (Wildman–Crippen MR) is 91.6 cm³/mol. The Labute approximate surface area is 146 Å². The average Bonchev–Trinajstić information content (AvgIpc) is 3.21. The summed E-state index contributed by atoms with van der Waals surface area (Å²) in [6.07, 6.45) is 1.38. The van der Waals surface area contributed by atoms with Crippen molar-refractivity contribution in [1.29, 1.82) is 0 Å². The maximum Gasteiger partial charge on any atom is 0.267 e. The minimum atomic E-state index is -0.786. The maximum absolute atomic E-state index is 12.6. The molecule has 0 saturated carbocycles. The van der Waals surface area contributed by atoms with Crippen LogP contribution in [-0.4, -0.2) is 37.0 Å². The fraction of sp³-hybridized carbons (Fsp3) is 0.500. The molecule has 0 aromatic heterocycles. The van der Waals surface area contributed by atoms with Gasteiger partial charge < -0.3 is 9.64 Å². The molecule has 2 aliphatic heterocycles. The lowest BCUT2D eigenvalue weighted by molar-refractivity contribution is -0.138. The quantitative estimate of drug-likeness (QED) is 0.631. The van der Waals surface area contributed by atoms with Crippen LogP contribution in [0.15, 0.2) is 18.2 Å². The number of carbonyl (C=O) groups is 3. The highest BCUT2D eigenvalue weighted by Gasteiger charge is 2.38. The molecule has 0 spiro atoms. The molecular weight excluding hydrogens is 322 g/mol. The van der Waals surface area contributed by atoms with Crippen LogP contribution in [0.2, 0.25) is 0 Å².